The lowest BCUT2D eigenvalue weighted by Crippen LogP contribution is -2.21. The Hall–Kier alpha value is 1.63. The molecule has 0 saturated carbocycles. The summed E-state index contributed by atoms with van der Waals surface area (Å²) < 4.78 is -0.828. The predicted molar refractivity (Wildman–Crippen MR) is 105 cm³/mol. The summed E-state index contributed by atoms with van der Waals surface area (Å²) in [4.78, 5) is 0. The Morgan fingerprint density at radius 2 is 1.24 bits per heavy atom. The van der Waals surface area contributed by atoms with Crippen LogP contribution in [-0.4, -0.2) is 11.1 Å². The topological polar surface area (TPSA) is 0 Å². The SMILES string of the molecule is C=C[Si](C)(C)CCCCCCCC[Si](C)(I)I. The molecule has 0 aromatic heterocycles. The Kier molecular flexibility index (Phi) is 10.4. The number of unbranched alkanes of at least 4 members (excludes halogenated alkanes) is 5. The highest BCUT2D eigenvalue weighted by Crippen LogP contribution is 2.28. The molecule has 0 radical (unpaired) electrons. The third-order valence-electron chi connectivity index (χ3n) is 3.24. The first-order chi connectivity index (χ1) is 7.77. The quantitative estimate of drug-likeness (QED) is 0.137. The monoisotopic (exact) mass is 494 g/mol. The summed E-state index contributed by atoms with van der Waals surface area (Å²) in [6.07, 6.45) is 8.68. The minimum Gasteiger partial charge on any atom is -0.107 e. The normalized spacial score (nSPS) is 12.8. The Balaban J connectivity index is 3.28. The van der Waals surface area contributed by atoms with Crippen molar-refractivity contribution in [2.45, 2.75) is 70.3 Å². The molecule has 0 saturated heterocycles. The van der Waals surface area contributed by atoms with Gasteiger partial charge in [-0.05, 0) is 6.04 Å². The van der Waals surface area contributed by atoms with Crippen LogP contribution < -0.4 is 0 Å². The van der Waals surface area contributed by atoms with Crippen LogP contribution in [0.2, 0.25) is 31.7 Å². The first kappa shape index (κ1) is 18.6. The molecule has 0 aliphatic rings. The standard InChI is InChI=1S/C13H28I2Si2/c1-5-16(2,3)12-10-8-6-7-9-11-13-17(4,14)15/h5H,1,6-13H2,2-4H3. The van der Waals surface area contributed by atoms with E-state index in [1.807, 2.05) is 0 Å². The van der Waals surface area contributed by atoms with Gasteiger partial charge in [0.1, 0.15) is 0 Å². The first-order valence-electron chi connectivity index (χ1n) is 6.78. The van der Waals surface area contributed by atoms with E-state index >= 15 is 0 Å². The Labute approximate surface area is 136 Å². The van der Waals surface area contributed by atoms with E-state index in [0.717, 1.165) is 0 Å². The van der Waals surface area contributed by atoms with Crippen LogP contribution in [0.4, 0.5) is 0 Å². The Morgan fingerprint density at radius 3 is 1.65 bits per heavy atom. The van der Waals surface area contributed by atoms with Gasteiger partial charge in [0.15, 0.2) is 3.07 Å². The molecule has 0 amide bonds. The maximum atomic E-state index is 3.96. The molecule has 0 bridgehead atoms. The van der Waals surface area contributed by atoms with Gasteiger partial charge in [0.05, 0.1) is 8.07 Å². The van der Waals surface area contributed by atoms with Crippen LogP contribution in [-0.2, 0) is 0 Å². The average molecular weight is 494 g/mol. The zero-order chi connectivity index (χ0) is 13.4. The van der Waals surface area contributed by atoms with Gasteiger partial charge in [0.25, 0.3) is 0 Å². The minimum atomic E-state index is -1.01. The van der Waals surface area contributed by atoms with E-state index in [0.29, 0.717) is 0 Å². The fourth-order valence-corrected chi connectivity index (χ4v) is 6.35. The molecular weight excluding hydrogens is 466 g/mol. The summed E-state index contributed by atoms with van der Waals surface area (Å²) in [6, 6.07) is 2.92. The van der Waals surface area contributed by atoms with Crippen molar-refractivity contribution < 1.29 is 0 Å². The van der Waals surface area contributed by atoms with Gasteiger partial charge in [-0.1, -0.05) is 64.2 Å². The van der Waals surface area contributed by atoms with Crippen molar-refractivity contribution in [1.29, 1.82) is 0 Å². The fraction of sp³-hybridized carbons (Fsp3) is 0.846. The van der Waals surface area contributed by atoms with Crippen LogP contribution in [0.1, 0.15) is 38.5 Å². The molecule has 102 valence electrons. The van der Waals surface area contributed by atoms with Crippen molar-refractivity contribution in [3.05, 3.63) is 12.3 Å². The molecule has 0 aromatic rings. The molecule has 0 fully saturated rings. The van der Waals surface area contributed by atoms with Crippen LogP contribution in [0.5, 0.6) is 0 Å². The molecule has 17 heavy (non-hydrogen) atoms. The summed E-state index contributed by atoms with van der Waals surface area (Å²) >= 11 is 5.37. The van der Waals surface area contributed by atoms with Gasteiger partial charge in [-0.15, -0.1) is 55.9 Å². The van der Waals surface area contributed by atoms with Gasteiger partial charge in [0.2, 0.25) is 0 Å². The second kappa shape index (κ2) is 9.52. The zero-order valence-corrected chi connectivity index (χ0v) is 18.0. The van der Waals surface area contributed by atoms with Crippen LogP contribution in [0.3, 0.4) is 0 Å². The number of hydrogen-bond acceptors (Lipinski definition) is 0. The van der Waals surface area contributed by atoms with Gasteiger partial charge in [-0.25, -0.2) is 0 Å². The van der Waals surface area contributed by atoms with Gasteiger partial charge in [-0.2, -0.15) is 0 Å². The van der Waals surface area contributed by atoms with Gasteiger partial charge < -0.3 is 0 Å². The average Bonchev–Trinajstić information content (AvgIpc) is 2.20. The van der Waals surface area contributed by atoms with E-state index in [1.54, 1.807) is 0 Å². The molecule has 0 rings (SSSR count). The van der Waals surface area contributed by atoms with Crippen molar-refractivity contribution in [2.75, 3.05) is 0 Å². The van der Waals surface area contributed by atoms with Crippen LogP contribution in [0.15, 0.2) is 12.3 Å². The molecule has 0 spiro atoms. The molecule has 0 atom stereocenters. The van der Waals surface area contributed by atoms with Crippen molar-refractivity contribution in [1.82, 2.24) is 0 Å². The molecule has 0 heterocycles. The number of halogens is 2. The summed E-state index contributed by atoms with van der Waals surface area (Å²) in [7, 11) is -1.01. The smallest absolute Gasteiger partial charge is 0.107 e. The van der Waals surface area contributed by atoms with Gasteiger partial charge >= 0.3 is 0 Å². The van der Waals surface area contributed by atoms with Crippen molar-refractivity contribution in [3.8, 4) is 0 Å². The van der Waals surface area contributed by atoms with E-state index in [1.165, 1.54) is 50.6 Å². The lowest BCUT2D eigenvalue weighted by Gasteiger charge is -2.16. The Bertz CT molecular complexity index is 210. The van der Waals surface area contributed by atoms with Crippen LogP contribution in [0, 0.1) is 0 Å². The largest absolute Gasteiger partial charge is 0.189 e. The maximum absolute atomic E-state index is 3.96. The van der Waals surface area contributed by atoms with E-state index in [-0.39, 0.29) is 0 Å². The third kappa shape index (κ3) is 13.9. The molecule has 4 heteroatoms. The Morgan fingerprint density at radius 1 is 0.824 bits per heavy atom. The van der Waals surface area contributed by atoms with Gasteiger partial charge in [0, 0.05) is 0 Å². The summed E-state index contributed by atoms with van der Waals surface area (Å²) in [6.45, 7) is 11.3. The van der Waals surface area contributed by atoms with Crippen LogP contribution >= 0.6 is 43.6 Å². The molecular formula is C13H28I2Si2. The second-order valence-electron chi connectivity index (χ2n) is 5.88. The molecule has 0 unspecified atom stereocenters. The molecule has 0 aliphatic carbocycles. The maximum Gasteiger partial charge on any atom is 0.189 e. The highest BCUT2D eigenvalue weighted by Gasteiger charge is 2.17. The molecule has 0 nitrogen and oxygen atoms in total. The fourth-order valence-electron chi connectivity index (χ4n) is 1.83. The second-order valence-corrected chi connectivity index (χ2v) is 33.9. The highest BCUT2D eigenvalue weighted by molar-refractivity contribution is 14.3. The van der Waals surface area contributed by atoms with Gasteiger partial charge in [-0.3, -0.25) is 0 Å². The number of rotatable bonds is 10. The number of hydrogen-bond donors (Lipinski definition) is 0. The van der Waals surface area contributed by atoms with E-state index in [9.17, 15) is 0 Å². The highest BCUT2D eigenvalue weighted by atomic mass is 127. The molecule has 0 N–H and O–H groups in total. The third-order valence-corrected chi connectivity index (χ3v) is 10.5. The summed E-state index contributed by atoms with van der Waals surface area (Å²) in [5.41, 5.74) is 2.24. The minimum absolute atomic E-state index is 0.828. The zero-order valence-electron chi connectivity index (χ0n) is 11.7. The lowest BCUT2D eigenvalue weighted by molar-refractivity contribution is 0.622. The van der Waals surface area contributed by atoms with Crippen LogP contribution in [0.25, 0.3) is 0 Å². The molecule has 0 aromatic carbocycles. The lowest BCUT2D eigenvalue weighted by atomic mass is 10.1. The van der Waals surface area contributed by atoms with Crippen molar-refractivity contribution in [2.24, 2.45) is 0 Å². The van der Waals surface area contributed by atoms with Crippen molar-refractivity contribution in [3.63, 3.8) is 0 Å². The summed E-state index contributed by atoms with van der Waals surface area (Å²) in [5.74, 6) is 0. The molecule has 0 aliphatic heterocycles. The van der Waals surface area contributed by atoms with Crippen molar-refractivity contribution >= 4 is 54.7 Å². The first-order valence-corrected chi connectivity index (χ1v) is 19.0. The van der Waals surface area contributed by atoms with E-state index < -0.39 is 11.1 Å². The predicted octanol–water partition coefficient (Wildman–Crippen LogP) is 6.70. The van der Waals surface area contributed by atoms with E-state index in [2.05, 4.69) is 75.5 Å². The summed E-state index contributed by atoms with van der Waals surface area (Å²) in [5, 5.41) is 0. The van der Waals surface area contributed by atoms with E-state index in [4.69, 9.17) is 0 Å².